The van der Waals surface area contributed by atoms with Crippen LogP contribution >= 0.6 is 0 Å². The van der Waals surface area contributed by atoms with Crippen molar-refractivity contribution in [3.8, 4) is 22.5 Å². The standard InChI is InChI=1S/C42H55N9O3/c1-26-22-32(40(53)46-37-21-19-34(51(4)5)24-42(37,2)3)16-20-35(26)29-10-6-27(7-11-29)23-36(45-39(52)31-12-8-28(25-43)9-13-31)41(54)44-33-17-14-30(15-18-33)38-47-49-50-48-38/h6-7,10-11,14-18,20,22,28,31,34,36-37H,8-9,12-13,19,21,23-25,43H2,1-5H3,(H,44,54)(H,45,52)(H,46,53)(H,47,48,49,50)/t28?,31?,34?,36-,37?/m0/s1. The number of H-pyrrole nitrogens is 1. The van der Waals surface area contributed by atoms with E-state index in [0.717, 1.165) is 72.8 Å². The smallest absolute Gasteiger partial charge is 0.251 e. The zero-order chi connectivity index (χ0) is 38.4. The molecule has 1 aromatic heterocycles. The summed E-state index contributed by atoms with van der Waals surface area (Å²) in [7, 11) is 4.26. The van der Waals surface area contributed by atoms with Crippen molar-refractivity contribution in [2.45, 2.75) is 90.3 Å². The summed E-state index contributed by atoms with van der Waals surface area (Å²) in [6.45, 7) is 7.16. The number of hydrogen-bond donors (Lipinski definition) is 5. The van der Waals surface area contributed by atoms with Gasteiger partial charge in [-0.1, -0.05) is 44.2 Å². The van der Waals surface area contributed by atoms with Crippen LogP contribution in [0, 0.1) is 24.2 Å². The number of rotatable bonds is 12. The Morgan fingerprint density at radius 1 is 0.926 bits per heavy atom. The van der Waals surface area contributed by atoms with Gasteiger partial charge in [-0.3, -0.25) is 14.4 Å². The van der Waals surface area contributed by atoms with E-state index >= 15 is 0 Å². The van der Waals surface area contributed by atoms with E-state index in [-0.39, 0.29) is 35.1 Å². The molecule has 2 aliphatic rings. The molecule has 2 aliphatic carbocycles. The Kier molecular flexibility index (Phi) is 12.2. The molecule has 3 aromatic carbocycles. The molecule has 12 heteroatoms. The predicted molar refractivity (Wildman–Crippen MR) is 211 cm³/mol. The van der Waals surface area contributed by atoms with Crippen molar-refractivity contribution in [3.05, 3.63) is 83.4 Å². The van der Waals surface area contributed by atoms with Gasteiger partial charge in [-0.15, -0.1) is 10.2 Å². The molecule has 4 aromatic rings. The molecule has 12 nitrogen and oxygen atoms in total. The second-order valence-corrected chi connectivity index (χ2v) is 16.2. The molecular weight excluding hydrogens is 679 g/mol. The second-order valence-electron chi connectivity index (χ2n) is 16.2. The van der Waals surface area contributed by atoms with Crippen LogP contribution in [-0.2, 0) is 16.0 Å². The summed E-state index contributed by atoms with van der Waals surface area (Å²) in [5.74, 6) is 0.332. The first kappa shape index (κ1) is 38.8. The maximum absolute atomic E-state index is 13.8. The minimum absolute atomic E-state index is 0.00842. The van der Waals surface area contributed by atoms with Gasteiger partial charge in [0.2, 0.25) is 17.6 Å². The molecule has 6 rings (SSSR count). The largest absolute Gasteiger partial charge is 0.349 e. The number of aromatic amines is 1. The summed E-state index contributed by atoms with van der Waals surface area (Å²) >= 11 is 0. The molecule has 0 saturated heterocycles. The molecule has 0 bridgehead atoms. The van der Waals surface area contributed by atoms with Crippen LogP contribution in [0.4, 0.5) is 5.69 Å². The van der Waals surface area contributed by atoms with E-state index in [1.165, 1.54) is 0 Å². The quantitative estimate of drug-likeness (QED) is 0.127. The van der Waals surface area contributed by atoms with Crippen LogP contribution in [0.5, 0.6) is 0 Å². The first-order valence-electron chi connectivity index (χ1n) is 19.2. The molecule has 2 fully saturated rings. The molecule has 54 heavy (non-hydrogen) atoms. The zero-order valence-corrected chi connectivity index (χ0v) is 32.2. The highest BCUT2D eigenvalue weighted by Gasteiger charge is 2.38. The summed E-state index contributed by atoms with van der Waals surface area (Å²) in [6.07, 6.45) is 6.77. The van der Waals surface area contributed by atoms with Crippen molar-refractivity contribution in [1.29, 1.82) is 0 Å². The van der Waals surface area contributed by atoms with E-state index in [2.05, 4.69) is 69.4 Å². The lowest BCUT2D eigenvalue weighted by Gasteiger charge is -2.44. The second kappa shape index (κ2) is 17.0. The maximum Gasteiger partial charge on any atom is 0.251 e. The van der Waals surface area contributed by atoms with E-state index in [1.807, 2.05) is 61.5 Å². The number of nitrogens with zero attached hydrogens (tertiary/aromatic N) is 4. The number of anilines is 1. The molecule has 0 radical (unpaired) electrons. The number of aromatic nitrogens is 4. The van der Waals surface area contributed by atoms with E-state index in [9.17, 15) is 14.4 Å². The highest BCUT2D eigenvalue weighted by molar-refractivity contribution is 5.98. The van der Waals surface area contributed by atoms with Gasteiger partial charge in [-0.05, 0) is 148 Å². The normalized spacial score (nSPS) is 21.6. The first-order valence-corrected chi connectivity index (χ1v) is 19.2. The summed E-state index contributed by atoms with van der Waals surface area (Å²) in [5.41, 5.74) is 11.9. The number of tetrazole rings is 1. The number of nitrogens with two attached hydrogens (primary N) is 1. The molecule has 3 atom stereocenters. The molecule has 6 N–H and O–H groups in total. The van der Waals surface area contributed by atoms with E-state index in [4.69, 9.17) is 5.73 Å². The lowest BCUT2D eigenvalue weighted by atomic mass is 9.71. The van der Waals surface area contributed by atoms with Gasteiger partial charge in [0.05, 0.1) is 0 Å². The van der Waals surface area contributed by atoms with Crippen molar-refractivity contribution < 1.29 is 14.4 Å². The Labute approximate surface area is 318 Å². The summed E-state index contributed by atoms with van der Waals surface area (Å²) in [6, 6.07) is 21.0. The van der Waals surface area contributed by atoms with Gasteiger partial charge in [-0.2, -0.15) is 5.21 Å². The number of hydrogen-bond acceptors (Lipinski definition) is 8. The molecule has 1 heterocycles. The number of benzene rings is 3. The van der Waals surface area contributed by atoms with Crippen molar-refractivity contribution in [1.82, 2.24) is 36.2 Å². The molecule has 0 aliphatic heterocycles. The minimum Gasteiger partial charge on any atom is -0.349 e. The molecular formula is C42H55N9O3. The predicted octanol–water partition coefficient (Wildman–Crippen LogP) is 5.51. The number of carbonyl (C=O) groups excluding carboxylic acids is 3. The van der Waals surface area contributed by atoms with E-state index < -0.39 is 6.04 Å². The fourth-order valence-electron chi connectivity index (χ4n) is 8.11. The van der Waals surface area contributed by atoms with Gasteiger partial charge in [-0.25, -0.2) is 0 Å². The number of aryl methyl sites for hydroxylation is 1. The summed E-state index contributed by atoms with van der Waals surface area (Å²) < 4.78 is 0. The third-order valence-corrected chi connectivity index (χ3v) is 11.7. The van der Waals surface area contributed by atoms with Gasteiger partial charge in [0.1, 0.15) is 6.04 Å². The van der Waals surface area contributed by atoms with Gasteiger partial charge in [0, 0.05) is 41.2 Å². The van der Waals surface area contributed by atoms with Gasteiger partial charge >= 0.3 is 0 Å². The monoisotopic (exact) mass is 733 g/mol. The van der Waals surface area contributed by atoms with Gasteiger partial charge < -0.3 is 26.6 Å². The van der Waals surface area contributed by atoms with E-state index in [0.29, 0.717) is 42.0 Å². The molecule has 2 saturated carbocycles. The fraction of sp³-hybridized carbons (Fsp3) is 0.476. The van der Waals surface area contributed by atoms with Crippen molar-refractivity contribution in [2.75, 3.05) is 26.0 Å². The van der Waals surface area contributed by atoms with Crippen LogP contribution in [0.2, 0.25) is 0 Å². The van der Waals surface area contributed by atoms with Crippen molar-refractivity contribution in [2.24, 2.45) is 23.0 Å². The highest BCUT2D eigenvalue weighted by Crippen LogP contribution is 2.37. The molecule has 3 amide bonds. The lowest BCUT2D eigenvalue weighted by Crippen LogP contribution is -2.51. The Balaban J connectivity index is 1.12. The number of amides is 3. The molecule has 286 valence electrons. The third-order valence-electron chi connectivity index (χ3n) is 11.7. The Hall–Kier alpha value is -4.94. The Morgan fingerprint density at radius 3 is 2.24 bits per heavy atom. The van der Waals surface area contributed by atoms with Crippen LogP contribution in [0.25, 0.3) is 22.5 Å². The first-order chi connectivity index (χ1) is 25.9. The third kappa shape index (κ3) is 9.40. The number of carbonyl (C=O) groups is 3. The SMILES string of the molecule is Cc1cc(C(=O)NC2CCC(N(C)C)CC2(C)C)ccc1-c1ccc(C[C@H](NC(=O)C2CCC(CN)CC2)C(=O)Nc2ccc(-c3nn[nH]n3)cc2)cc1. The van der Waals surface area contributed by atoms with Gasteiger partial charge in [0.15, 0.2) is 0 Å². The molecule has 0 spiro atoms. The van der Waals surface area contributed by atoms with Crippen LogP contribution in [0.1, 0.15) is 80.3 Å². The van der Waals surface area contributed by atoms with Crippen molar-refractivity contribution >= 4 is 23.4 Å². The Bertz CT molecular complexity index is 1880. The van der Waals surface area contributed by atoms with Crippen LogP contribution in [-0.4, -0.2) is 82.0 Å². The number of nitrogens with one attached hydrogen (secondary N) is 4. The fourth-order valence-corrected chi connectivity index (χ4v) is 8.11. The highest BCUT2D eigenvalue weighted by atomic mass is 16.2. The van der Waals surface area contributed by atoms with Crippen LogP contribution in [0.15, 0.2) is 66.7 Å². The van der Waals surface area contributed by atoms with Crippen LogP contribution in [0.3, 0.4) is 0 Å². The van der Waals surface area contributed by atoms with E-state index in [1.54, 1.807) is 12.1 Å². The van der Waals surface area contributed by atoms with Crippen molar-refractivity contribution in [3.63, 3.8) is 0 Å². The van der Waals surface area contributed by atoms with Crippen LogP contribution < -0.4 is 21.7 Å². The topological polar surface area (TPSA) is 171 Å². The zero-order valence-electron chi connectivity index (χ0n) is 32.2. The maximum atomic E-state index is 13.8. The summed E-state index contributed by atoms with van der Waals surface area (Å²) in [4.78, 5) is 42.9. The van der Waals surface area contributed by atoms with Gasteiger partial charge in [0.25, 0.3) is 5.91 Å². The minimum atomic E-state index is -0.782. The average molecular weight is 734 g/mol. The average Bonchev–Trinajstić information content (AvgIpc) is 3.71. The summed E-state index contributed by atoms with van der Waals surface area (Å²) in [5, 5.41) is 23.5. The Morgan fingerprint density at radius 2 is 1.63 bits per heavy atom. The lowest BCUT2D eigenvalue weighted by molar-refractivity contribution is -0.130. The molecule has 2 unspecified atom stereocenters.